The Morgan fingerprint density at radius 2 is 1.97 bits per heavy atom. The Morgan fingerprint density at radius 3 is 2.74 bits per heavy atom. The van der Waals surface area contributed by atoms with Crippen LogP contribution >= 0.6 is 0 Å². The van der Waals surface area contributed by atoms with Gasteiger partial charge in [-0.1, -0.05) is 26.8 Å². The summed E-state index contributed by atoms with van der Waals surface area (Å²) >= 11 is 0. The van der Waals surface area contributed by atoms with Crippen molar-refractivity contribution < 1.29 is 14.5 Å². The molecular formula is C26H31FN7O+. The summed E-state index contributed by atoms with van der Waals surface area (Å²) in [5, 5.41) is 11.2. The molecule has 0 saturated heterocycles. The number of nitrogens with two attached hydrogens (primary N) is 1. The second kappa shape index (κ2) is 9.31. The number of fused-ring (bicyclic) bond motifs is 1. The Morgan fingerprint density at radius 1 is 1.14 bits per heavy atom. The molecule has 1 fully saturated rings. The quantitative estimate of drug-likeness (QED) is 0.435. The third-order valence-electron chi connectivity index (χ3n) is 6.27. The molecule has 2 aromatic heterocycles. The van der Waals surface area contributed by atoms with Crippen molar-refractivity contribution >= 4 is 29.0 Å². The van der Waals surface area contributed by atoms with Crippen LogP contribution in [-0.2, 0) is 18.4 Å². The van der Waals surface area contributed by atoms with E-state index in [0.29, 0.717) is 23.0 Å². The first-order valence-electron chi connectivity index (χ1n) is 12.0. The number of amides is 1. The summed E-state index contributed by atoms with van der Waals surface area (Å²) in [6, 6.07) is 8.08. The lowest BCUT2D eigenvalue weighted by Crippen LogP contribution is -2.73. The van der Waals surface area contributed by atoms with Crippen molar-refractivity contribution in [1.29, 1.82) is 0 Å². The number of hydrogen-bond acceptors (Lipinski definition) is 6. The number of halogens is 1. The van der Waals surface area contributed by atoms with Gasteiger partial charge >= 0.3 is 0 Å². The summed E-state index contributed by atoms with van der Waals surface area (Å²) < 4.78 is 14.7. The van der Waals surface area contributed by atoms with E-state index in [1.54, 1.807) is 11.4 Å². The SMILES string of the molecule is CC(C)(C)c1cc([NH2+]c2nc(Nc3ccc4c(c3)CCNC4)ncc2C(=O)NC2CC2)c(F)cn1. The molecule has 8 nitrogen and oxygen atoms in total. The van der Waals surface area contributed by atoms with Gasteiger partial charge in [-0.05, 0) is 49.1 Å². The zero-order valence-corrected chi connectivity index (χ0v) is 20.3. The van der Waals surface area contributed by atoms with E-state index in [9.17, 15) is 9.18 Å². The van der Waals surface area contributed by atoms with Crippen LogP contribution in [0.3, 0.4) is 0 Å². The minimum Gasteiger partial charge on any atom is -0.349 e. The zero-order valence-electron chi connectivity index (χ0n) is 20.3. The lowest BCUT2D eigenvalue weighted by atomic mass is 9.91. The highest BCUT2D eigenvalue weighted by molar-refractivity contribution is 5.97. The normalized spacial score (nSPS) is 15.4. The lowest BCUT2D eigenvalue weighted by molar-refractivity contribution is -0.485. The van der Waals surface area contributed by atoms with Crippen LogP contribution < -0.4 is 21.3 Å². The monoisotopic (exact) mass is 476 g/mol. The summed E-state index contributed by atoms with van der Waals surface area (Å²) in [7, 11) is 0. The number of anilines is 2. The van der Waals surface area contributed by atoms with Crippen LogP contribution in [0.25, 0.3) is 0 Å². The molecule has 0 unspecified atom stereocenters. The van der Waals surface area contributed by atoms with Gasteiger partial charge in [-0.2, -0.15) is 9.37 Å². The van der Waals surface area contributed by atoms with E-state index in [0.717, 1.165) is 43.7 Å². The molecule has 9 heteroatoms. The fourth-order valence-electron chi connectivity index (χ4n) is 4.04. The predicted molar refractivity (Wildman–Crippen MR) is 132 cm³/mol. The van der Waals surface area contributed by atoms with Crippen LogP contribution in [0.1, 0.15) is 60.8 Å². The lowest BCUT2D eigenvalue weighted by Gasteiger charge is -2.18. The van der Waals surface area contributed by atoms with E-state index in [1.165, 1.54) is 23.5 Å². The summed E-state index contributed by atoms with van der Waals surface area (Å²) in [6.45, 7) is 7.88. The van der Waals surface area contributed by atoms with Crippen LogP contribution in [-0.4, -0.2) is 33.4 Å². The fraction of sp³-hybridized carbons (Fsp3) is 0.385. The van der Waals surface area contributed by atoms with Crippen molar-refractivity contribution in [2.24, 2.45) is 0 Å². The summed E-state index contributed by atoms with van der Waals surface area (Å²) in [5.41, 5.74) is 4.59. The number of hydrogen-bond donors (Lipinski definition) is 4. The maximum Gasteiger partial charge on any atom is 0.260 e. The Kier molecular flexibility index (Phi) is 6.21. The van der Waals surface area contributed by atoms with E-state index in [4.69, 9.17) is 0 Å². The fourth-order valence-corrected chi connectivity index (χ4v) is 4.04. The maximum atomic E-state index is 14.7. The molecule has 0 spiro atoms. The van der Waals surface area contributed by atoms with E-state index in [2.05, 4.69) is 43.0 Å². The number of carbonyl (C=O) groups excluding carboxylic acids is 1. The van der Waals surface area contributed by atoms with Crippen LogP contribution in [0.5, 0.6) is 0 Å². The van der Waals surface area contributed by atoms with Gasteiger partial charge in [0.25, 0.3) is 5.91 Å². The molecule has 35 heavy (non-hydrogen) atoms. The van der Waals surface area contributed by atoms with Crippen molar-refractivity contribution in [1.82, 2.24) is 25.6 Å². The van der Waals surface area contributed by atoms with Crippen molar-refractivity contribution in [2.45, 2.75) is 58.0 Å². The molecule has 1 aliphatic carbocycles. The second-order valence-electron chi connectivity index (χ2n) is 10.3. The average Bonchev–Trinajstić information content (AvgIpc) is 3.64. The van der Waals surface area contributed by atoms with Gasteiger partial charge in [0.2, 0.25) is 17.6 Å². The van der Waals surface area contributed by atoms with Gasteiger partial charge in [0.05, 0.1) is 18.1 Å². The number of pyridine rings is 1. The predicted octanol–water partition coefficient (Wildman–Crippen LogP) is 3.12. The molecule has 2 aliphatic rings. The van der Waals surface area contributed by atoms with Crippen molar-refractivity contribution in [3.63, 3.8) is 0 Å². The molecule has 1 aromatic carbocycles. The first-order valence-corrected chi connectivity index (χ1v) is 12.0. The molecular weight excluding hydrogens is 445 g/mol. The van der Waals surface area contributed by atoms with Gasteiger partial charge < -0.3 is 16.0 Å². The molecule has 5 rings (SSSR count). The van der Waals surface area contributed by atoms with Gasteiger partial charge in [0, 0.05) is 29.8 Å². The molecule has 1 aliphatic heterocycles. The summed E-state index contributed by atoms with van der Waals surface area (Å²) in [5.74, 6) is -0.0218. The van der Waals surface area contributed by atoms with Crippen LogP contribution in [0, 0.1) is 5.82 Å². The summed E-state index contributed by atoms with van der Waals surface area (Å²) in [4.78, 5) is 26.2. The third-order valence-corrected chi connectivity index (χ3v) is 6.27. The molecule has 0 atom stereocenters. The van der Waals surface area contributed by atoms with Crippen molar-refractivity contribution in [3.8, 4) is 0 Å². The topological polar surface area (TPSA) is 108 Å². The van der Waals surface area contributed by atoms with Crippen LogP contribution in [0.2, 0.25) is 0 Å². The first kappa shape index (κ1) is 23.3. The number of nitrogens with zero attached hydrogens (tertiary/aromatic N) is 3. The molecule has 0 bridgehead atoms. The molecule has 1 saturated carbocycles. The Balaban J connectivity index is 1.47. The second-order valence-corrected chi connectivity index (χ2v) is 10.3. The molecule has 0 radical (unpaired) electrons. The molecule has 182 valence electrons. The Bertz CT molecular complexity index is 1270. The zero-order chi connectivity index (χ0) is 24.6. The smallest absolute Gasteiger partial charge is 0.260 e. The number of benzene rings is 1. The van der Waals surface area contributed by atoms with E-state index < -0.39 is 5.82 Å². The number of rotatable bonds is 6. The number of quaternary nitrogens is 1. The molecule has 3 aromatic rings. The van der Waals surface area contributed by atoms with E-state index in [1.807, 2.05) is 26.8 Å². The van der Waals surface area contributed by atoms with E-state index in [-0.39, 0.29) is 17.4 Å². The molecule has 1 amide bonds. The van der Waals surface area contributed by atoms with Crippen molar-refractivity contribution in [2.75, 3.05) is 11.9 Å². The number of nitrogens with one attached hydrogen (secondary N) is 3. The minimum absolute atomic E-state index is 0.184. The van der Waals surface area contributed by atoms with Gasteiger partial charge in [0.15, 0.2) is 5.69 Å². The minimum atomic E-state index is -0.469. The van der Waals surface area contributed by atoms with E-state index >= 15 is 0 Å². The molecule has 5 N–H and O–H groups in total. The number of carbonyl (C=O) groups is 1. The van der Waals surface area contributed by atoms with Gasteiger partial charge in [-0.3, -0.25) is 15.1 Å². The maximum absolute atomic E-state index is 14.7. The third kappa shape index (κ3) is 5.47. The standard InChI is InChI=1S/C26H30FN7O/c1-26(2,3)22-11-21(20(27)14-29-22)33-23-19(24(35)31-17-6-7-17)13-30-25(34-23)32-18-5-4-16-12-28-9-8-15(16)10-18/h4-5,10-11,13-14,17,28H,6-9,12H2,1-3H3,(H,31,35)(H2,29,30,32,33,34)/p+1. The highest BCUT2D eigenvalue weighted by atomic mass is 19.1. The van der Waals surface area contributed by atoms with Crippen LogP contribution in [0.4, 0.5) is 27.5 Å². The van der Waals surface area contributed by atoms with Gasteiger partial charge in [-0.15, -0.1) is 0 Å². The number of aromatic nitrogens is 3. The van der Waals surface area contributed by atoms with Crippen LogP contribution in [0.15, 0.2) is 36.7 Å². The van der Waals surface area contributed by atoms with Gasteiger partial charge in [-0.25, -0.2) is 4.98 Å². The highest BCUT2D eigenvalue weighted by Crippen LogP contribution is 2.25. The van der Waals surface area contributed by atoms with Gasteiger partial charge in [0.1, 0.15) is 5.56 Å². The average molecular weight is 477 g/mol. The summed E-state index contributed by atoms with van der Waals surface area (Å²) in [6.07, 6.45) is 5.62. The Hall–Kier alpha value is -3.43. The Labute approximate surface area is 204 Å². The van der Waals surface area contributed by atoms with Crippen molar-refractivity contribution in [3.05, 3.63) is 64.9 Å². The highest BCUT2D eigenvalue weighted by Gasteiger charge is 2.28. The largest absolute Gasteiger partial charge is 0.349 e. The first-order chi connectivity index (χ1) is 16.8. The molecule has 3 heterocycles.